The van der Waals surface area contributed by atoms with Crippen LogP contribution in [0.4, 0.5) is 0 Å². The molecular formula is C14H18O4. The van der Waals surface area contributed by atoms with E-state index >= 15 is 0 Å². The standard InChI is InChI=1S/C14H18O4/c1-10(16)18-9-14(8-15)7-6-11-4-3-5-12(17-2)13(11)14/h3-5,15H,6-9H2,1-2H3. The van der Waals surface area contributed by atoms with Crippen molar-refractivity contribution >= 4 is 5.97 Å². The number of benzene rings is 1. The van der Waals surface area contributed by atoms with Gasteiger partial charge in [-0.05, 0) is 24.5 Å². The maximum Gasteiger partial charge on any atom is 0.302 e. The summed E-state index contributed by atoms with van der Waals surface area (Å²) in [7, 11) is 1.61. The topological polar surface area (TPSA) is 55.8 Å². The molecule has 1 aliphatic carbocycles. The summed E-state index contributed by atoms with van der Waals surface area (Å²) in [5.74, 6) is 0.428. The third kappa shape index (κ3) is 2.08. The predicted octanol–water partition coefficient (Wildman–Crippen LogP) is 1.43. The van der Waals surface area contributed by atoms with Gasteiger partial charge in [0.05, 0.1) is 19.1 Å². The molecule has 2 rings (SSSR count). The van der Waals surface area contributed by atoms with Crippen LogP contribution in [-0.4, -0.2) is 31.4 Å². The van der Waals surface area contributed by atoms with Crippen molar-refractivity contribution in [1.82, 2.24) is 0 Å². The van der Waals surface area contributed by atoms with Crippen LogP contribution in [0.1, 0.15) is 24.5 Å². The van der Waals surface area contributed by atoms with E-state index in [4.69, 9.17) is 9.47 Å². The number of hydrogen-bond donors (Lipinski definition) is 1. The zero-order valence-corrected chi connectivity index (χ0v) is 10.7. The number of aryl methyl sites for hydroxylation is 1. The van der Waals surface area contributed by atoms with Crippen molar-refractivity contribution in [3.8, 4) is 5.75 Å². The molecule has 0 fully saturated rings. The summed E-state index contributed by atoms with van der Waals surface area (Å²) < 4.78 is 10.5. The molecule has 0 amide bonds. The third-order valence-electron chi connectivity index (χ3n) is 3.59. The van der Waals surface area contributed by atoms with Gasteiger partial charge in [0, 0.05) is 12.5 Å². The molecule has 0 aliphatic heterocycles. The van der Waals surface area contributed by atoms with Gasteiger partial charge in [-0.2, -0.15) is 0 Å². The normalized spacial score (nSPS) is 21.5. The molecule has 1 atom stereocenters. The summed E-state index contributed by atoms with van der Waals surface area (Å²) in [5.41, 5.74) is 1.62. The summed E-state index contributed by atoms with van der Waals surface area (Å²) in [4.78, 5) is 11.0. The van der Waals surface area contributed by atoms with Crippen LogP contribution in [0.2, 0.25) is 0 Å². The molecule has 1 N–H and O–H groups in total. The van der Waals surface area contributed by atoms with Crippen LogP contribution in [0.5, 0.6) is 5.75 Å². The predicted molar refractivity (Wildman–Crippen MR) is 66.7 cm³/mol. The van der Waals surface area contributed by atoms with E-state index in [1.54, 1.807) is 7.11 Å². The molecule has 18 heavy (non-hydrogen) atoms. The summed E-state index contributed by atoms with van der Waals surface area (Å²) in [6, 6.07) is 5.85. The molecule has 1 unspecified atom stereocenters. The number of aliphatic hydroxyl groups is 1. The van der Waals surface area contributed by atoms with Gasteiger partial charge >= 0.3 is 5.97 Å². The fourth-order valence-corrected chi connectivity index (χ4v) is 2.64. The van der Waals surface area contributed by atoms with E-state index in [1.807, 2.05) is 18.2 Å². The number of hydrogen-bond acceptors (Lipinski definition) is 4. The van der Waals surface area contributed by atoms with Crippen molar-refractivity contribution < 1.29 is 19.4 Å². The average Bonchev–Trinajstić information content (AvgIpc) is 2.76. The third-order valence-corrected chi connectivity index (χ3v) is 3.59. The molecule has 0 aromatic heterocycles. The first-order valence-electron chi connectivity index (χ1n) is 6.03. The lowest BCUT2D eigenvalue weighted by Gasteiger charge is -2.28. The molecule has 1 aromatic rings. The van der Waals surface area contributed by atoms with Crippen LogP contribution in [0.25, 0.3) is 0 Å². The maximum atomic E-state index is 11.0. The first kappa shape index (κ1) is 12.9. The maximum absolute atomic E-state index is 11.0. The highest BCUT2D eigenvalue weighted by Gasteiger charge is 2.41. The molecule has 1 aromatic carbocycles. The van der Waals surface area contributed by atoms with Gasteiger partial charge in [-0.1, -0.05) is 12.1 Å². The number of rotatable bonds is 4. The lowest BCUT2D eigenvalue weighted by atomic mass is 9.83. The second kappa shape index (κ2) is 4.98. The number of methoxy groups -OCH3 is 1. The Bertz CT molecular complexity index is 455. The second-order valence-corrected chi connectivity index (χ2v) is 4.71. The van der Waals surface area contributed by atoms with E-state index in [0.717, 1.165) is 29.7 Å². The van der Waals surface area contributed by atoms with Crippen molar-refractivity contribution in [3.05, 3.63) is 29.3 Å². The van der Waals surface area contributed by atoms with Crippen molar-refractivity contribution in [3.63, 3.8) is 0 Å². The van der Waals surface area contributed by atoms with Crippen LogP contribution in [0.15, 0.2) is 18.2 Å². The number of carbonyl (C=O) groups excluding carboxylic acids is 1. The van der Waals surface area contributed by atoms with Gasteiger partial charge in [0.25, 0.3) is 0 Å². The zero-order valence-electron chi connectivity index (χ0n) is 10.7. The van der Waals surface area contributed by atoms with Crippen LogP contribution in [-0.2, 0) is 21.4 Å². The lowest BCUT2D eigenvalue weighted by molar-refractivity contribution is -0.143. The molecule has 0 bridgehead atoms. The highest BCUT2D eigenvalue weighted by atomic mass is 16.5. The van der Waals surface area contributed by atoms with Gasteiger partial charge in [0.2, 0.25) is 0 Å². The van der Waals surface area contributed by atoms with Gasteiger partial charge in [-0.25, -0.2) is 0 Å². The zero-order chi connectivity index (χ0) is 13.2. The summed E-state index contributed by atoms with van der Waals surface area (Å²) in [6.45, 7) is 1.53. The number of aliphatic hydroxyl groups excluding tert-OH is 1. The highest BCUT2D eigenvalue weighted by Crippen LogP contribution is 2.44. The summed E-state index contributed by atoms with van der Waals surface area (Å²) in [6.07, 6.45) is 1.64. The molecule has 1 aliphatic rings. The van der Waals surface area contributed by atoms with Crippen molar-refractivity contribution in [2.24, 2.45) is 0 Å². The Morgan fingerprint density at radius 3 is 2.89 bits per heavy atom. The quantitative estimate of drug-likeness (QED) is 0.821. The second-order valence-electron chi connectivity index (χ2n) is 4.71. The van der Waals surface area contributed by atoms with Crippen LogP contribution >= 0.6 is 0 Å². The van der Waals surface area contributed by atoms with Gasteiger partial charge in [-0.15, -0.1) is 0 Å². The lowest BCUT2D eigenvalue weighted by Crippen LogP contribution is -2.34. The molecule has 0 heterocycles. The van der Waals surface area contributed by atoms with Crippen molar-refractivity contribution in [1.29, 1.82) is 0 Å². The first-order chi connectivity index (χ1) is 8.63. The van der Waals surface area contributed by atoms with Crippen LogP contribution in [0, 0.1) is 0 Å². The Morgan fingerprint density at radius 2 is 2.28 bits per heavy atom. The van der Waals surface area contributed by atoms with E-state index in [1.165, 1.54) is 6.92 Å². The summed E-state index contributed by atoms with van der Waals surface area (Å²) >= 11 is 0. The highest BCUT2D eigenvalue weighted by molar-refractivity contribution is 5.66. The monoisotopic (exact) mass is 250 g/mol. The molecule has 0 saturated carbocycles. The molecule has 0 spiro atoms. The van der Waals surface area contributed by atoms with Crippen molar-refractivity contribution in [2.45, 2.75) is 25.2 Å². The van der Waals surface area contributed by atoms with Crippen LogP contribution in [0.3, 0.4) is 0 Å². The minimum atomic E-state index is -0.520. The fraction of sp³-hybridized carbons (Fsp3) is 0.500. The van der Waals surface area contributed by atoms with Gasteiger partial charge in [-0.3, -0.25) is 4.79 Å². The first-order valence-corrected chi connectivity index (χ1v) is 6.03. The number of ether oxygens (including phenoxy) is 2. The number of fused-ring (bicyclic) bond motifs is 1. The van der Waals surface area contributed by atoms with Crippen LogP contribution < -0.4 is 4.74 Å². The Labute approximate surface area is 107 Å². The van der Waals surface area contributed by atoms with E-state index in [9.17, 15) is 9.90 Å². The summed E-state index contributed by atoms with van der Waals surface area (Å²) in [5, 5.41) is 9.75. The molecule has 0 radical (unpaired) electrons. The van der Waals surface area contributed by atoms with Crippen molar-refractivity contribution in [2.75, 3.05) is 20.3 Å². The molecule has 4 heteroatoms. The van der Waals surface area contributed by atoms with E-state index in [-0.39, 0.29) is 19.2 Å². The Hall–Kier alpha value is -1.55. The molecule has 98 valence electrons. The number of esters is 1. The SMILES string of the molecule is COc1cccc2c1C(CO)(COC(C)=O)CC2. The van der Waals surface area contributed by atoms with Gasteiger partial charge in [0.1, 0.15) is 12.4 Å². The fourth-order valence-electron chi connectivity index (χ4n) is 2.64. The molecular weight excluding hydrogens is 232 g/mol. The largest absolute Gasteiger partial charge is 0.496 e. The van der Waals surface area contributed by atoms with E-state index in [0.29, 0.717) is 0 Å². The Balaban J connectivity index is 2.39. The van der Waals surface area contributed by atoms with Gasteiger partial charge < -0.3 is 14.6 Å². The minimum Gasteiger partial charge on any atom is -0.496 e. The minimum absolute atomic E-state index is 0.0480. The Morgan fingerprint density at radius 1 is 1.50 bits per heavy atom. The molecule has 4 nitrogen and oxygen atoms in total. The molecule has 0 saturated heterocycles. The Kier molecular flexibility index (Phi) is 3.57. The van der Waals surface area contributed by atoms with E-state index < -0.39 is 5.41 Å². The smallest absolute Gasteiger partial charge is 0.302 e. The van der Waals surface area contributed by atoms with Gasteiger partial charge in [0.15, 0.2) is 0 Å². The van der Waals surface area contributed by atoms with E-state index in [2.05, 4.69) is 0 Å². The average molecular weight is 250 g/mol. The number of carbonyl (C=O) groups is 1.